The first-order valence-corrected chi connectivity index (χ1v) is 11.9. The van der Waals surface area contributed by atoms with Crippen LogP contribution in [0.4, 0.5) is 11.4 Å². The van der Waals surface area contributed by atoms with Crippen LogP contribution in [0, 0.1) is 6.92 Å². The third-order valence-electron chi connectivity index (χ3n) is 4.93. The van der Waals surface area contributed by atoms with Crippen LogP contribution in [0.5, 0.6) is 5.75 Å². The molecule has 0 atom stereocenters. The summed E-state index contributed by atoms with van der Waals surface area (Å²) in [5, 5.41) is 3.22. The third-order valence-corrected chi connectivity index (χ3v) is 6.98. The smallest absolute Gasteiger partial charge is 0.268 e. The number of ether oxygens (including phenoxy) is 1. The summed E-state index contributed by atoms with van der Waals surface area (Å²) in [7, 11) is -2.72. The Bertz CT molecular complexity index is 1190. The lowest BCUT2D eigenvalue weighted by Crippen LogP contribution is -2.38. The first-order chi connectivity index (χ1) is 15.2. The van der Waals surface area contributed by atoms with E-state index in [1.54, 1.807) is 55.5 Å². The molecule has 3 aromatic carbocycles. The van der Waals surface area contributed by atoms with E-state index >= 15 is 0 Å². The van der Waals surface area contributed by atoms with Gasteiger partial charge in [0, 0.05) is 10.7 Å². The Balaban J connectivity index is 1.97. The molecule has 0 heterocycles. The lowest BCUT2D eigenvalue weighted by molar-refractivity contribution is -0.114. The summed E-state index contributed by atoms with van der Waals surface area (Å²) in [6, 6.07) is 18.6. The number of aryl methyl sites for hydroxylation is 2. The number of sulfonamides is 1. The average Bonchev–Trinajstić information content (AvgIpc) is 2.78. The highest BCUT2D eigenvalue weighted by atomic mass is 35.5. The van der Waals surface area contributed by atoms with Crippen molar-refractivity contribution < 1.29 is 17.9 Å². The second kappa shape index (κ2) is 10.1. The molecular formula is C24H25ClN2O4S. The summed E-state index contributed by atoms with van der Waals surface area (Å²) in [6.07, 6.45) is 0.884. The second-order valence-electron chi connectivity index (χ2n) is 7.24. The average molecular weight is 473 g/mol. The molecule has 0 aliphatic rings. The molecule has 32 heavy (non-hydrogen) atoms. The van der Waals surface area contributed by atoms with E-state index in [2.05, 4.69) is 5.32 Å². The van der Waals surface area contributed by atoms with Gasteiger partial charge in [-0.3, -0.25) is 9.10 Å². The maximum atomic E-state index is 13.7. The van der Waals surface area contributed by atoms with Crippen molar-refractivity contribution in [2.75, 3.05) is 23.3 Å². The predicted molar refractivity (Wildman–Crippen MR) is 128 cm³/mol. The van der Waals surface area contributed by atoms with Crippen LogP contribution in [0.15, 0.2) is 71.6 Å². The van der Waals surface area contributed by atoms with E-state index in [0.717, 1.165) is 21.9 Å². The van der Waals surface area contributed by atoms with Crippen molar-refractivity contribution in [1.82, 2.24) is 0 Å². The number of benzene rings is 3. The summed E-state index contributed by atoms with van der Waals surface area (Å²) in [6.45, 7) is 3.41. The van der Waals surface area contributed by atoms with Crippen molar-refractivity contribution in [2.45, 2.75) is 25.2 Å². The normalized spacial score (nSPS) is 11.1. The molecule has 0 fully saturated rings. The number of methoxy groups -OCH3 is 1. The number of halogens is 1. The number of carbonyl (C=O) groups is 1. The first kappa shape index (κ1) is 23.6. The number of nitrogens with zero attached hydrogens (tertiary/aromatic N) is 1. The van der Waals surface area contributed by atoms with E-state index in [4.69, 9.17) is 16.3 Å². The van der Waals surface area contributed by atoms with Crippen LogP contribution in [-0.4, -0.2) is 28.0 Å². The Morgan fingerprint density at radius 2 is 1.69 bits per heavy atom. The van der Waals surface area contributed by atoms with Gasteiger partial charge >= 0.3 is 0 Å². The van der Waals surface area contributed by atoms with Gasteiger partial charge in [-0.05, 0) is 73.0 Å². The molecule has 0 bridgehead atoms. The molecular weight excluding hydrogens is 448 g/mol. The number of rotatable bonds is 8. The zero-order valence-electron chi connectivity index (χ0n) is 18.1. The van der Waals surface area contributed by atoms with Gasteiger partial charge in [0.05, 0.1) is 12.8 Å². The van der Waals surface area contributed by atoms with Gasteiger partial charge in [-0.25, -0.2) is 8.42 Å². The van der Waals surface area contributed by atoms with Crippen molar-refractivity contribution in [3.8, 4) is 5.75 Å². The summed E-state index contributed by atoms with van der Waals surface area (Å²) in [5.41, 5.74) is 2.80. The zero-order chi connectivity index (χ0) is 23.3. The lowest BCUT2D eigenvalue weighted by atomic mass is 10.1. The van der Waals surface area contributed by atoms with Crippen LogP contribution in [0.1, 0.15) is 18.1 Å². The highest BCUT2D eigenvalue weighted by Gasteiger charge is 2.30. The number of hydrogen-bond acceptors (Lipinski definition) is 4. The van der Waals surface area contributed by atoms with Crippen molar-refractivity contribution >= 4 is 38.9 Å². The Hall–Kier alpha value is -3.03. The minimum atomic E-state index is -4.13. The highest BCUT2D eigenvalue weighted by Crippen LogP contribution is 2.31. The minimum Gasteiger partial charge on any atom is -0.495 e. The van der Waals surface area contributed by atoms with E-state index in [1.807, 2.05) is 19.1 Å². The van der Waals surface area contributed by atoms with Gasteiger partial charge in [0.1, 0.15) is 17.2 Å². The maximum Gasteiger partial charge on any atom is 0.268 e. The van der Waals surface area contributed by atoms with Crippen LogP contribution in [0.2, 0.25) is 5.02 Å². The van der Waals surface area contributed by atoms with Crippen molar-refractivity contribution in [3.05, 3.63) is 82.9 Å². The topological polar surface area (TPSA) is 75.7 Å². The fourth-order valence-electron chi connectivity index (χ4n) is 3.18. The third kappa shape index (κ3) is 5.41. The number of amides is 1. The monoisotopic (exact) mass is 472 g/mol. The van der Waals surface area contributed by atoms with Crippen LogP contribution in [0.25, 0.3) is 0 Å². The molecule has 0 radical (unpaired) electrons. The Morgan fingerprint density at radius 1 is 1.03 bits per heavy atom. The van der Waals surface area contributed by atoms with Gasteiger partial charge in [0.25, 0.3) is 10.0 Å². The molecule has 3 rings (SSSR count). The maximum absolute atomic E-state index is 13.7. The molecule has 0 saturated heterocycles. The largest absolute Gasteiger partial charge is 0.495 e. The van der Waals surface area contributed by atoms with E-state index in [1.165, 1.54) is 13.2 Å². The van der Waals surface area contributed by atoms with Crippen molar-refractivity contribution in [3.63, 3.8) is 0 Å². The van der Waals surface area contributed by atoms with Crippen LogP contribution >= 0.6 is 11.6 Å². The van der Waals surface area contributed by atoms with Gasteiger partial charge < -0.3 is 10.1 Å². The fourth-order valence-corrected chi connectivity index (χ4v) is 4.97. The second-order valence-corrected chi connectivity index (χ2v) is 9.51. The number of carbonyl (C=O) groups excluding carboxylic acids is 1. The molecule has 168 valence electrons. The SMILES string of the molecule is CCc1ccc(NC(=O)CN(c2ccc(Cl)cc2)S(=O)(=O)c2cc(C)ccc2OC)cc1. The minimum absolute atomic E-state index is 0.0185. The molecule has 0 aliphatic carbocycles. The van der Waals surface area contributed by atoms with Gasteiger partial charge in [-0.15, -0.1) is 0 Å². The van der Waals surface area contributed by atoms with Crippen LogP contribution in [-0.2, 0) is 21.2 Å². The summed E-state index contributed by atoms with van der Waals surface area (Å²) in [5.74, 6) is -0.274. The van der Waals surface area contributed by atoms with Gasteiger partial charge in [0.2, 0.25) is 5.91 Å². The van der Waals surface area contributed by atoms with Crippen LogP contribution in [0.3, 0.4) is 0 Å². The Kier molecular flexibility index (Phi) is 7.43. The molecule has 0 spiro atoms. The molecule has 0 aliphatic heterocycles. The predicted octanol–water partition coefficient (Wildman–Crippen LogP) is 5.05. The van der Waals surface area contributed by atoms with E-state index in [0.29, 0.717) is 16.4 Å². The fraction of sp³-hybridized carbons (Fsp3) is 0.208. The molecule has 3 aromatic rings. The lowest BCUT2D eigenvalue weighted by Gasteiger charge is -2.25. The van der Waals surface area contributed by atoms with E-state index in [9.17, 15) is 13.2 Å². The van der Waals surface area contributed by atoms with Crippen LogP contribution < -0.4 is 14.4 Å². The first-order valence-electron chi connectivity index (χ1n) is 10.1. The summed E-state index contributed by atoms with van der Waals surface area (Å²) < 4.78 is 33.6. The Labute approximate surface area is 193 Å². The van der Waals surface area contributed by atoms with E-state index < -0.39 is 22.5 Å². The molecule has 0 aromatic heterocycles. The molecule has 0 unspecified atom stereocenters. The van der Waals surface area contributed by atoms with Gasteiger partial charge in [0.15, 0.2) is 0 Å². The molecule has 1 amide bonds. The summed E-state index contributed by atoms with van der Waals surface area (Å²) >= 11 is 5.99. The van der Waals surface area contributed by atoms with Crippen molar-refractivity contribution in [2.24, 2.45) is 0 Å². The molecule has 6 nitrogen and oxygen atoms in total. The summed E-state index contributed by atoms with van der Waals surface area (Å²) in [4.78, 5) is 12.8. The van der Waals surface area contributed by atoms with Crippen molar-refractivity contribution in [1.29, 1.82) is 0 Å². The Morgan fingerprint density at radius 3 is 2.28 bits per heavy atom. The number of anilines is 2. The zero-order valence-corrected chi connectivity index (χ0v) is 19.7. The van der Waals surface area contributed by atoms with Gasteiger partial charge in [-0.2, -0.15) is 0 Å². The molecule has 8 heteroatoms. The van der Waals surface area contributed by atoms with Gasteiger partial charge in [-0.1, -0.05) is 36.7 Å². The molecule has 1 N–H and O–H groups in total. The number of hydrogen-bond donors (Lipinski definition) is 1. The standard InChI is InChI=1S/C24H25ClN2O4S/c1-4-18-6-10-20(11-7-18)26-24(28)16-27(21-12-8-19(25)9-13-21)32(29,30)23-15-17(2)5-14-22(23)31-3/h5-15H,4,16H2,1-3H3,(H,26,28). The number of nitrogens with one attached hydrogen (secondary N) is 1. The quantitative estimate of drug-likeness (QED) is 0.497. The van der Waals surface area contributed by atoms with E-state index in [-0.39, 0.29) is 10.6 Å². The molecule has 0 saturated carbocycles. The highest BCUT2D eigenvalue weighted by molar-refractivity contribution is 7.93.